The number of ketones is 1. The summed E-state index contributed by atoms with van der Waals surface area (Å²) >= 11 is 12.6. The molecule has 8 heteroatoms. The van der Waals surface area contributed by atoms with Crippen LogP contribution in [0.1, 0.15) is 27.2 Å². The van der Waals surface area contributed by atoms with Gasteiger partial charge < -0.3 is 4.74 Å². The fourth-order valence-corrected chi connectivity index (χ4v) is 3.20. The van der Waals surface area contributed by atoms with Crippen molar-refractivity contribution in [2.24, 2.45) is 0 Å². The van der Waals surface area contributed by atoms with E-state index in [1.807, 2.05) is 18.2 Å². The van der Waals surface area contributed by atoms with Crippen molar-refractivity contribution in [1.82, 2.24) is 9.78 Å². The van der Waals surface area contributed by atoms with E-state index in [-0.39, 0.29) is 5.56 Å². The van der Waals surface area contributed by atoms with Crippen LogP contribution in [0.15, 0.2) is 54.6 Å². The van der Waals surface area contributed by atoms with E-state index in [9.17, 15) is 14.0 Å². The first-order chi connectivity index (χ1) is 14.3. The average Bonchev–Trinajstić information content (AvgIpc) is 2.99. The maximum absolute atomic E-state index is 12.9. The summed E-state index contributed by atoms with van der Waals surface area (Å²) in [6.07, 6.45) is 2.66. The Kier molecular flexibility index (Phi) is 7.03. The zero-order chi connectivity index (χ0) is 21.7. The van der Waals surface area contributed by atoms with Crippen molar-refractivity contribution >= 4 is 41.0 Å². The number of aryl methyl sites for hydroxylation is 1. The second-order valence-electron chi connectivity index (χ2n) is 6.41. The molecule has 0 saturated heterocycles. The van der Waals surface area contributed by atoms with E-state index in [0.29, 0.717) is 28.0 Å². The van der Waals surface area contributed by atoms with Crippen molar-refractivity contribution in [2.45, 2.75) is 13.5 Å². The van der Waals surface area contributed by atoms with Gasteiger partial charge in [0.15, 0.2) is 12.4 Å². The van der Waals surface area contributed by atoms with Crippen molar-refractivity contribution < 1.29 is 18.7 Å². The summed E-state index contributed by atoms with van der Waals surface area (Å²) in [6.45, 7) is 1.69. The molecule has 0 aliphatic heterocycles. The van der Waals surface area contributed by atoms with Crippen LogP contribution >= 0.6 is 23.2 Å². The molecule has 30 heavy (non-hydrogen) atoms. The summed E-state index contributed by atoms with van der Waals surface area (Å²) in [5.41, 5.74) is 2.30. The summed E-state index contributed by atoms with van der Waals surface area (Å²) < 4.78 is 19.4. The minimum atomic E-state index is -0.709. The van der Waals surface area contributed by atoms with Crippen molar-refractivity contribution in [3.8, 4) is 0 Å². The largest absolute Gasteiger partial charge is 0.454 e. The molecule has 0 saturated carbocycles. The molecule has 0 aliphatic carbocycles. The Balaban J connectivity index is 1.63. The lowest BCUT2D eigenvalue weighted by atomic mass is 10.1. The highest BCUT2D eigenvalue weighted by molar-refractivity contribution is 6.32. The lowest BCUT2D eigenvalue weighted by Crippen LogP contribution is -2.12. The Morgan fingerprint density at radius 3 is 2.53 bits per heavy atom. The number of halogens is 3. The molecular formula is C22H17Cl2FN2O3. The first-order valence-electron chi connectivity index (χ1n) is 8.95. The standard InChI is InChI=1S/C22H17Cl2FN2O3/c1-14-18(22(24)27(26-14)12-16-4-2-3-5-19(16)23)10-11-21(29)30-13-20(28)15-6-8-17(25)9-7-15/h2-11H,12-13H2,1H3. The van der Waals surface area contributed by atoms with Crippen LogP contribution < -0.4 is 0 Å². The van der Waals surface area contributed by atoms with Gasteiger partial charge in [0.05, 0.1) is 12.2 Å². The first kappa shape index (κ1) is 21.7. The van der Waals surface area contributed by atoms with E-state index in [1.165, 1.54) is 36.4 Å². The van der Waals surface area contributed by atoms with Gasteiger partial charge in [-0.05, 0) is 48.9 Å². The van der Waals surface area contributed by atoms with Gasteiger partial charge in [-0.3, -0.25) is 4.79 Å². The zero-order valence-electron chi connectivity index (χ0n) is 15.9. The van der Waals surface area contributed by atoms with Gasteiger partial charge in [-0.15, -0.1) is 0 Å². The summed E-state index contributed by atoms with van der Waals surface area (Å²) in [5.74, 6) is -1.59. The quantitative estimate of drug-likeness (QED) is 0.287. The molecule has 2 aromatic carbocycles. The third kappa shape index (κ3) is 5.34. The predicted octanol–water partition coefficient (Wildman–Crippen LogP) is 5.13. The minimum Gasteiger partial charge on any atom is -0.454 e. The molecule has 3 rings (SSSR count). The topological polar surface area (TPSA) is 61.2 Å². The number of carbonyl (C=O) groups excluding carboxylic acids is 2. The van der Waals surface area contributed by atoms with E-state index in [1.54, 1.807) is 17.7 Å². The van der Waals surface area contributed by atoms with Crippen LogP contribution in [0, 0.1) is 12.7 Å². The molecule has 0 aliphatic rings. The molecular weight excluding hydrogens is 430 g/mol. The van der Waals surface area contributed by atoms with E-state index < -0.39 is 24.2 Å². The fraction of sp³-hybridized carbons (Fsp3) is 0.136. The average molecular weight is 447 g/mol. The maximum atomic E-state index is 12.9. The van der Waals surface area contributed by atoms with Gasteiger partial charge >= 0.3 is 5.97 Å². The molecule has 0 radical (unpaired) electrons. The summed E-state index contributed by atoms with van der Waals surface area (Å²) in [4.78, 5) is 23.9. The monoisotopic (exact) mass is 446 g/mol. The molecule has 0 fully saturated rings. The highest BCUT2D eigenvalue weighted by atomic mass is 35.5. The Morgan fingerprint density at radius 1 is 1.13 bits per heavy atom. The van der Waals surface area contributed by atoms with E-state index in [4.69, 9.17) is 27.9 Å². The minimum absolute atomic E-state index is 0.257. The second-order valence-corrected chi connectivity index (χ2v) is 7.18. The molecule has 0 amide bonds. The smallest absolute Gasteiger partial charge is 0.331 e. The number of Topliss-reactive ketones (excluding diaryl/α,β-unsaturated/α-hetero) is 1. The number of nitrogens with zero attached hydrogens (tertiary/aromatic N) is 2. The fourth-order valence-electron chi connectivity index (χ4n) is 2.70. The number of esters is 1. The SMILES string of the molecule is Cc1nn(Cc2ccccc2Cl)c(Cl)c1C=CC(=O)OCC(=O)c1ccc(F)cc1. The summed E-state index contributed by atoms with van der Waals surface area (Å²) in [6, 6.07) is 12.4. The number of aromatic nitrogens is 2. The zero-order valence-corrected chi connectivity index (χ0v) is 17.5. The number of hydrogen-bond donors (Lipinski definition) is 0. The molecule has 3 aromatic rings. The first-order valence-corrected chi connectivity index (χ1v) is 9.70. The van der Waals surface area contributed by atoms with Crippen LogP contribution in [0.5, 0.6) is 0 Å². The Hall–Kier alpha value is -2.96. The molecule has 1 aromatic heterocycles. The van der Waals surface area contributed by atoms with Crippen molar-refractivity contribution in [3.05, 3.63) is 93.0 Å². The Bertz CT molecular complexity index is 1110. The third-order valence-corrected chi connectivity index (χ3v) is 5.05. The van der Waals surface area contributed by atoms with E-state index in [0.717, 1.165) is 5.56 Å². The lowest BCUT2D eigenvalue weighted by molar-refractivity contribution is -0.136. The van der Waals surface area contributed by atoms with Gasteiger partial charge in [0.25, 0.3) is 0 Å². The molecule has 0 N–H and O–H groups in total. The van der Waals surface area contributed by atoms with Crippen molar-refractivity contribution in [1.29, 1.82) is 0 Å². The number of ether oxygens (including phenoxy) is 1. The van der Waals surface area contributed by atoms with E-state index in [2.05, 4.69) is 5.10 Å². The van der Waals surface area contributed by atoms with Gasteiger partial charge in [0, 0.05) is 22.2 Å². The summed E-state index contributed by atoms with van der Waals surface area (Å²) in [7, 11) is 0. The third-order valence-electron chi connectivity index (χ3n) is 4.29. The maximum Gasteiger partial charge on any atom is 0.331 e. The predicted molar refractivity (Wildman–Crippen MR) is 113 cm³/mol. The van der Waals surface area contributed by atoms with Gasteiger partial charge in [-0.1, -0.05) is 41.4 Å². The summed E-state index contributed by atoms with van der Waals surface area (Å²) in [5, 5.41) is 5.33. The van der Waals surface area contributed by atoms with Crippen molar-refractivity contribution in [3.63, 3.8) is 0 Å². The van der Waals surface area contributed by atoms with Crippen molar-refractivity contribution in [2.75, 3.05) is 6.61 Å². The van der Waals surface area contributed by atoms with Gasteiger partial charge in [0.1, 0.15) is 11.0 Å². The van der Waals surface area contributed by atoms with Crippen LogP contribution in [0.4, 0.5) is 4.39 Å². The van der Waals surface area contributed by atoms with Crippen LogP contribution in [0.3, 0.4) is 0 Å². The van der Waals surface area contributed by atoms with Gasteiger partial charge in [0.2, 0.25) is 0 Å². The van der Waals surface area contributed by atoms with Crippen LogP contribution in [0.2, 0.25) is 10.2 Å². The Labute approximate surface area is 182 Å². The molecule has 0 atom stereocenters. The highest BCUT2D eigenvalue weighted by Crippen LogP contribution is 2.24. The number of carbonyl (C=O) groups is 2. The molecule has 5 nitrogen and oxygen atoms in total. The molecule has 0 spiro atoms. The van der Waals surface area contributed by atoms with E-state index >= 15 is 0 Å². The Morgan fingerprint density at radius 2 is 1.83 bits per heavy atom. The number of hydrogen-bond acceptors (Lipinski definition) is 4. The van der Waals surface area contributed by atoms with Gasteiger partial charge in [-0.25, -0.2) is 13.9 Å². The number of benzene rings is 2. The normalized spacial score (nSPS) is 11.1. The van der Waals surface area contributed by atoms with Crippen LogP contribution in [-0.4, -0.2) is 28.1 Å². The van der Waals surface area contributed by atoms with Crippen LogP contribution in [0.25, 0.3) is 6.08 Å². The molecule has 154 valence electrons. The molecule has 0 unspecified atom stereocenters. The van der Waals surface area contributed by atoms with Crippen LogP contribution in [-0.2, 0) is 16.1 Å². The second kappa shape index (κ2) is 9.69. The van der Waals surface area contributed by atoms with Gasteiger partial charge in [-0.2, -0.15) is 5.10 Å². The number of rotatable bonds is 7. The lowest BCUT2D eigenvalue weighted by Gasteiger charge is -2.05. The molecule has 1 heterocycles. The highest BCUT2D eigenvalue weighted by Gasteiger charge is 2.14. The molecule has 0 bridgehead atoms.